The zero-order chi connectivity index (χ0) is 5.98. The molecule has 1 fully saturated rings. The number of carbonyl (C=O) groups is 1. The van der Waals surface area contributed by atoms with Gasteiger partial charge in [-0.2, -0.15) is 0 Å². The van der Waals surface area contributed by atoms with Gasteiger partial charge in [-0.3, -0.25) is 4.79 Å². The van der Waals surface area contributed by atoms with E-state index in [4.69, 9.17) is 5.73 Å². The van der Waals surface area contributed by atoms with Crippen molar-refractivity contribution in [1.29, 1.82) is 0 Å². The van der Waals surface area contributed by atoms with E-state index in [1.165, 1.54) is 0 Å². The second-order valence-corrected chi connectivity index (χ2v) is 2.00. The van der Waals surface area contributed by atoms with E-state index in [-0.39, 0.29) is 26.3 Å². The van der Waals surface area contributed by atoms with Gasteiger partial charge in [0, 0.05) is 20.1 Å². The number of nitrogens with zero attached hydrogens (tertiary/aromatic N) is 1. The molecule has 4 nitrogen and oxygen atoms in total. The minimum absolute atomic E-state index is 0. The third kappa shape index (κ3) is 3.15. The van der Waals surface area contributed by atoms with Gasteiger partial charge in [-0.05, 0) is 13.1 Å². The van der Waals surface area contributed by atoms with Crippen molar-refractivity contribution in [2.24, 2.45) is 0 Å². The van der Waals surface area contributed by atoms with Crippen LogP contribution >= 0.6 is 0 Å². The molecule has 0 aromatic heterocycles. The summed E-state index contributed by atoms with van der Waals surface area (Å²) in [4.78, 5) is 11.8. The van der Waals surface area contributed by atoms with Gasteiger partial charge >= 0.3 is 0 Å². The summed E-state index contributed by atoms with van der Waals surface area (Å²) < 4.78 is 0. The minimum atomic E-state index is -0.525. The third-order valence-corrected chi connectivity index (χ3v) is 1.39. The van der Waals surface area contributed by atoms with Crippen LogP contribution in [0.25, 0.3) is 11.9 Å². The van der Waals surface area contributed by atoms with Crippen molar-refractivity contribution in [1.82, 2.24) is 4.90 Å². The molecular weight excluding hydrogens is 310 g/mol. The first-order valence-electron chi connectivity index (χ1n) is 2.81. The van der Waals surface area contributed by atoms with Crippen LogP contribution < -0.4 is 0 Å². The maximum atomic E-state index is 10.2. The second kappa shape index (κ2) is 5.65. The van der Waals surface area contributed by atoms with Gasteiger partial charge in [0.2, 0.25) is 0 Å². The molecule has 0 saturated carbocycles. The maximum Gasteiger partial charge on any atom is 0.152 e. The molecule has 0 aromatic carbocycles. The molecule has 1 aliphatic rings. The molecule has 5 heteroatoms. The number of amides is 2. The first-order chi connectivity index (χ1) is 3.80. The monoisotopic (exact) mass is 322 g/mol. The fraction of sp³-hybridized carbons (Fsp3) is 0.800. The van der Waals surface area contributed by atoms with Crippen molar-refractivity contribution >= 4 is 6.03 Å². The number of nitrogens with two attached hydrogens (primary N) is 1. The Morgan fingerprint density at radius 2 is 1.70 bits per heavy atom. The van der Waals surface area contributed by atoms with Crippen LogP contribution in [0.3, 0.4) is 0 Å². The molecule has 3 N–H and O–H groups in total. The van der Waals surface area contributed by atoms with Crippen molar-refractivity contribution in [3.8, 4) is 0 Å². The van der Waals surface area contributed by atoms with E-state index in [0.717, 1.165) is 25.9 Å². The maximum absolute atomic E-state index is 10.2. The fourth-order valence-corrected chi connectivity index (χ4v) is 0.920. The second-order valence-electron chi connectivity index (χ2n) is 2.00. The van der Waals surface area contributed by atoms with Gasteiger partial charge in [0.25, 0.3) is 0 Å². The molecule has 10 heavy (non-hydrogen) atoms. The quantitative estimate of drug-likeness (QED) is 0.672. The number of likely N-dealkylation sites (tertiary alicyclic amines) is 1. The molecule has 0 bridgehead atoms. The van der Waals surface area contributed by atoms with Crippen LogP contribution in [0, 0.1) is 0 Å². The van der Waals surface area contributed by atoms with E-state index in [2.05, 4.69) is 0 Å². The molecule has 1 saturated heterocycles. The van der Waals surface area contributed by atoms with Gasteiger partial charge in [-0.25, -0.2) is 0 Å². The predicted octanol–water partition coefficient (Wildman–Crippen LogP) is 1.97. The van der Waals surface area contributed by atoms with Gasteiger partial charge in [0.05, 0.1) is 0 Å². The Morgan fingerprint density at radius 3 is 1.90 bits per heavy atom. The third-order valence-electron chi connectivity index (χ3n) is 1.39. The van der Waals surface area contributed by atoms with Gasteiger partial charge in [0.1, 0.15) is 0 Å². The van der Waals surface area contributed by atoms with Gasteiger partial charge in [-0.1, -0.05) is 12.8 Å². The Balaban J connectivity index is 0. The Labute approximate surface area is 74.1 Å². The number of rotatable bonds is 0. The van der Waals surface area contributed by atoms with Crippen LogP contribution in [0.1, 0.15) is 12.8 Å². The summed E-state index contributed by atoms with van der Waals surface area (Å²) in [5, 5.41) is 0. The summed E-state index contributed by atoms with van der Waals surface area (Å²) in [6, 6.07) is -0.525. The van der Waals surface area contributed by atoms with E-state index in [1.807, 2.05) is 0 Å². The van der Waals surface area contributed by atoms with Crippen LogP contribution in [-0.4, -0.2) is 24.0 Å². The van der Waals surface area contributed by atoms with Crippen molar-refractivity contribution < 1.29 is 24.9 Å². The first kappa shape index (κ1) is 12.5. The molecule has 0 unspecified atom stereocenters. The number of carbonyl (C=O) groups excluding carboxylic acids is 1. The minimum Gasteiger partial charge on any atom is -0.693 e. The topological polar surface area (TPSA) is 77.6 Å². The SMILES string of the molecule is [Ir].[NH-]C(=O)N1CCCC1.[NH2-]. The average Bonchev–Trinajstić information content (AvgIpc) is 2.12. The summed E-state index contributed by atoms with van der Waals surface area (Å²) in [5.74, 6) is 0. The van der Waals surface area contributed by atoms with Crippen LogP contribution in [0.5, 0.6) is 0 Å². The summed E-state index contributed by atoms with van der Waals surface area (Å²) in [6.45, 7) is 1.59. The van der Waals surface area contributed by atoms with E-state index < -0.39 is 6.03 Å². The zero-order valence-corrected chi connectivity index (χ0v) is 7.99. The number of urea groups is 1. The molecule has 0 aromatic rings. The fourth-order valence-electron chi connectivity index (χ4n) is 0.920. The standard InChI is InChI=1S/C5H10N2O.Ir.H2N/c6-5(8)7-3-1-2-4-7;;/h1-4H2,(H2,6,8);;1H2/q;;-1/p-1. The molecule has 1 aliphatic heterocycles. The van der Waals surface area contributed by atoms with E-state index in [1.54, 1.807) is 4.90 Å². The van der Waals surface area contributed by atoms with E-state index >= 15 is 0 Å². The van der Waals surface area contributed by atoms with Crippen molar-refractivity contribution in [2.75, 3.05) is 13.1 Å². The van der Waals surface area contributed by atoms with Gasteiger partial charge < -0.3 is 16.8 Å². The predicted molar refractivity (Wildman–Crippen MR) is 35.8 cm³/mol. The largest absolute Gasteiger partial charge is 0.693 e. The smallest absolute Gasteiger partial charge is 0.152 e. The molecular formula is C5H11IrN3O-2. The van der Waals surface area contributed by atoms with Gasteiger partial charge in [-0.15, -0.1) is 0 Å². The number of nitrogens with one attached hydrogen (secondary N) is 1. The molecule has 0 atom stereocenters. The normalized spacial score (nSPS) is 15.4. The molecule has 63 valence electrons. The van der Waals surface area contributed by atoms with Crippen molar-refractivity contribution in [2.45, 2.75) is 12.8 Å². The Hall–Kier alpha value is -0.121. The van der Waals surface area contributed by atoms with Crippen LogP contribution in [-0.2, 0) is 20.1 Å². The Bertz CT molecular complexity index is 103. The summed E-state index contributed by atoms with van der Waals surface area (Å²) in [7, 11) is 0. The van der Waals surface area contributed by atoms with E-state index in [9.17, 15) is 4.79 Å². The molecule has 0 aliphatic carbocycles. The summed E-state index contributed by atoms with van der Waals surface area (Å²) in [5.41, 5.74) is 6.66. The van der Waals surface area contributed by atoms with E-state index in [0.29, 0.717) is 0 Å². The zero-order valence-electron chi connectivity index (χ0n) is 5.59. The number of hydrogen-bond acceptors (Lipinski definition) is 1. The molecule has 0 spiro atoms. The van der Waals surface area contributed by atoms with Crippen LogP contribution in [0.15, 0.2) is 0 Å². The first-order valence-corrected chi connectivity index (χ1v) is 2.81. The summed E-state index contributed by atoms with van der Waals surface area (Å²) in [6.07, 6.45) is 2.15. The van der Waals surface area contributed by atoms with Crippen molar-refractivity contribution in [3.63, 3.8) is 0 Å². The molecule has 1 rings (SSSR count). The molecule has 1 radical (unpaired) electrons. The Morgan fingerprint density at radius 1 is 1.30 bits per heavy atom. The van der Waals surface area contributed by atoms with Gasteiger partial charge in [0.15, 0.2) is 6.03 Å². The molecule has 1 heterocycles. The van der Waals surface area contributed by atoms with Crippen LogP contribution in [0.4, 0.5) is 4.79 Å². The molecule has 2 amide bonds. The number of hydrogen-bond donors (Lipinski definition) is 0. The van der Waals surface area contributed by atoms with Crippen molar-refractivity contribution in [3.05, 3.63) is 11.9 Å². The van der Waals surface area contributed by atoms with Crippen LogP contribution in [0.2, 0.25) is 0 Å². The average molecular weight is 321 g/mol. The Kier molecular flexibility index (Phi) is 7.09. The summed E-state index contributed by atoms with van der Waals surface area (Å²) >= 11 is 0.